The van der Waals surface area contributed by atoms with Gasteiger partial charge < -0.3 is 15.5 Å². The molecule has 19 heavy (non-hydrogen) atoms. The number of halogens is 2. The lowest BCUT2D eigenvalue weighted by molar-refractivity contribution is 0.0638. The molecule has 0 spiro atoms. The van der Waals surface area contributed by atoms with Gasteiger partial charge in [-0.1, -0.05) is 13.0 Å². The highest BCUT2D eigenvalue weighted by molar-refractivity contribution is 5.92. The molecule has 5 nitrogen and oxygen atoms in total. The first kappa shape index (κ1) is 18.0. The van der Waals surface area contributed by atoms with Crippen LogP contribution in [0.1, 0.15) is 17.4 Å². The molecule has 2 heterocycles. The minimum Gasteiger partial charge on any atom is -0.384 e. The number of aromatic nitrogens is 1. The number of carbonyl (C=O) groups is 1. The molecular formula is C12H20Cl2N4O. The summed E-state index contributed by atoms with van der Waals surface area (Å²) in [4.78, 5) is 20.4. The highest BCUT2D eigenvalue weighted by Gasteiger charge is 2.21. The van der Waals surface area contributed by atoms with Gasteiger partial charge in [0.05, 0.1) is 0 Å². The highest BCUT2D eigenvalue weighted by atomic mass is 35.5. The summed E-state index contributed by atoms with van der Waals surface area (Å²) in [6, 6.07) is 5.16. The Bertz CT molecular complexity index is 408. The molecule has 1 fully saturated rings. The lowest BCUT2D eigenvalue weighted by Gasteiger charge is -2.33. The number of nitrogens with two attached hydrogens (primary N) is 1. The molecular weight excluding hydrogens is 287 g/mol. The third-order valence-corrected chi connectivity index (χ3v) is 3.10. The van der Waals surface area contributed by atoms with Gasteiger partial charge in [-0.25, -0.2) is 4.98 Å². The molecule has 0 saturated carbocycles. The van der Waals surface area contributed by atoms with Gasteiger partial charge in [-0.2, -0.15) is 0 Å². The van der Waals surface area contributed by atoms with Crippen molar-refractivity contribution in [1.29, 1.82) is 0 Å². The summed E-state index contributed by atoms with van der Waals surface area (Å²) in [6.45, 7) is 6.58. The van der Waals surface area contributed by atoms with Crippen LogP contribution in [0.2, 0.25) is 0 Å². The summed E-state index contributed by atoms with van der Waals surface area (Å²) >= 11 is 0. The number of pyridine rings is 1. The van der Waals surface area contributed by atoms with Gasteiger partial charge in [-0.15, -0.1) is 24.8 Å². The number of carbonyl (C=O) groups excluding carboxylic acids is 1. The minimum absolute atomic E-state index is 0. The van der Waals surface area contributed by atoms with Gasteiger partial charge in [0.15, 0.2) is 0 Å². The Labute approximate surface area is 126 Å². The maximum atomic E-state index is 12.1. The maximum absolute atomic E-state index is 12.1. The molecule has 1 aliphatic rings. The average molecular weight is 307 g/mol. The number of nitrogen functional groups attached to an aromatic ring is 1. The normalized spacial score (nSPS) is 15.3. The summed E-state index contributed by atoms with van der Waals surface area (Å²) in [7, 11) is 0. The average Bonchev–Trinajstić information content (AvgIpc) is 2.38. The van der Waals surface area contributed by atoms with Crippen LogP contribution in [0.25, 0.3) is 0 Å². The molecule has 0 aliphatic carbocycles. The molecule has 1 saturated heterocycles. The van der Waals surface area contributed by atoms with Gasteiger partial charge in [0.1, 0.15) is 11.5 Å². The number of rotatable bonds is 2. The van der Waals surface area contributed by atoms with E-state index in [1.807, 2.05) is 4.90 Å². The molecule has 2 rings (SSSR count). The molecule has 108 valence electrons. The minimum atomic E-state index is -0.0203. The van der Waals surface area contributed by atoms with Gasteiger partial charge in [-0.3, -0.25) is 4.79 Å². The Hall–Kier alpha value is -1.04. The van der Waals surface area contributed by atoms with Crippen molar-refractivity contribution < 1.29 is 4.79 Å². The smallest absolute Gasteiger partial charge is 0.272 e. The van der Waals surface area contributed by atoms with E-state index in [9.17, 15) is 4.79 Å². The van der Waals surface area contributed by atoms with Crippen LogP contribution in [0.15, 0.2) is 18.2 Å². The summed E-state index contributed by atoms with van der Waals surface area (Å²) in [5.74, 6) is 0.371. The van der Waals surface area contributed by atoms with Gasteiger partial charge in [0.2, 0.25) is 0 Å². The Morgan fingerprint density at radius 1 is 1.26 bits per heavy atom. The highest BCUT2D eigenvalue weighted by Crippen LogP contribution is 2.08. The van der Waals surface area contributed by atoms with Gasteiger partial charge in [0.25, 0.3) is 5.91 Å². The van der Waals surface area contributed by atoms with E-state index in [4.69, 9.17) is 5.73 Å². The number of likely N-dealkylation sites (N-methyl/N-ethyl adjacent to an activating group) is 1. The van der Waals surface area contributed by atoms with E-state index in [0.29, 0.717) is 11.5 Å². The second-order valence-electron chi connectivity index (χ2n) is 4.17. The van der Waals surface area contributed by atoms with Crippen molar-refractivity contribution in [3.63, 3.8) is 0 Å². The number of piperazine rings is 1. The molecule has 0 radical (unpaired) electrons. The van der Waals surface area contributed by atoms with Gasteiger partial charge in [0, 0.05) is 26.2 Å². The van der Waals surface area contributed by atoms with Crippen molar-refractivity contribution in [1.82, 2.24) is 14.8 Å². The predicted molar refractivity (Wildman–Crippen MR) is 81.2 cm³/mol. The monoisotopic (exact) mass is 306 g/mol. The predicted octanol–water partition coefficient (Wildman–Crippen LogP) is 1.29. The summed E-state index contributed by atoms with van der Waals surface area (Å²) in [5.41, 5.74) is 6.02. The second-order valence-corrected chi connectivity index (χ2v) is 4.17. The summed E-state index contributed by atoms with van der Waals surface area (Å²) in [6.07, 6.45) is 0. The third kappa shape index (κ3) is 4.53. The van der Waals surface area contributed by atoms with E-state index in [0.717, 1.165) is 32.7 Å². The molecule has 0 aromatic carbocycles. The molecule has 1 aromatic heterocycles. The topological polar surface area (TPSA) is 62.5 Å². The van der Waals surface area contributed by atoms with Crippen LogP contribution >= 0.6 is 24.8 Å². The first-order chi connectivity index (χ1) is 8.20. The number of amides is 1. The van der Waals surface area contributed by atoms with Crippen LogP contribution < -0.4 is 5.73 Å². The number of nitrogens with zero attached hydrogens (tertiary/aromatic N) is 3. The van der Waals surface area contributed by atoms with Crippen LogP contribution in [0.5, 0.6) is 0 Å². The standard InChI is InChI=1S/C12H18N4O.2ClH/c1-2-15-6-8-16(9-7-15)12(17)10-4-3-5-11(13)14-10;;/h3-5H,2,6-9H2,1H3,(H2,13,14);2*1H. The SMILES string of the molecule is CCN1CCN(C(=O)c2cccc(N)n2)CC1.Cl.Cl. The Balaban J connectivity index is 0.00000162. The zero-order chi connectivity index (χ0) is 12.3. The van der Waals surface area contributed by atoms with E-state index in [2.05, 4.69) is 16.8 Å². The third-order valence-electron chi connectivity index (χ3n) is 3.10. The second kappa shape index (κ2) is 8.19. The van der Waals surface area contributed by atoms with Crippen molar-refractivity contribution in [2.75, 3.05) is 38.5 Å². The lowest BCUT2D eigenvalue weighted by atomic mass is 10.2. The lowest BCUT2D eigenvalue weighted by Crippen LogP contribution is -2.48. The fraction of sp³-hybridized carbons (Fsp3) is 0.500. The molecule has 0 unspecified atom stereocenters. The molecule has 2 N–H and O–H groups in total. The van der Waals surface area contributed by atoms with Gasteiger partial charge >= 0.3 is 0 Å². The fourth-order valence-corrected chi connectivity index (χ4v) is 2.00. The van der Waals surface area contributed by atoms with E-state index in [1.54, 1.807) is 18.2 Å². The number of anilines is 1. The van der Waals surface area contributed by atoms with Crippen molar-refractivity contribution in [2.24, 2.45) is 0 Å². The molecule has 1 aliphatic heterocycles. The van der Waals surface area contributed by atoms with Crippen LogP contribution in [0.3, 0.4) is 0 Å². The molecule has 7 heteroatoms. The van der Waals surface area contributed by atoms with E-state index < -0.39 is 0 Å². The van der Waals surface area contributed by atoms with Crippen LogP contribution in [0.4, 0.5) is 5.82 Å². The fourth-order valence-electron chi connectivity index (χ4n) is 2.00. The quantitative estimate of drug-likeness (QED) is 0.894. The Kier molecular flexibility index (Phi) is 7.75. The van der Waals surface area contributed by atoms with Crippen molar-refractivity contribution in [3.8, 4) is 0 Å². The van der Waals surface area contributed by atoms with E-state index in [1.165, 1.54) is 0 Å². The zero-order valence-corrected chi connectivity index (χ0v) is 12.5. The largest absolute Gasteiger partial charge is 0.384 e. The molecule has 1 aromatic rings. The molecule has 0 atom stereocenters. The van der Waals surface area contributed by atoms with E-state index >= 15 is 0 Å². The van der Waals surface area contributed by atoms with Crippen molar-refractivity contribution in [3.05, 3.63) is 23.9 Å². The zero-order valence-electron chi connectivity index (χ0n) is 10.9. The summed E-state index contributed by atoms with van der Waals surface area (Å²) in [5, 5.41) is 0. The Morgan fingerprint density at radius 2 is 1.89 bits per heavy atom. The first-order valence-electron chi connectivity index (χ1n) is 5.95. The maximum Gasteiger partial charge on any atom is 0.272 e. The van der Waals surface area contributed by atoms with Crippen molar-refractivity contribution in [2.45, 2.75) is 6.92 Å². The van der Waals surface area contributed by atoms with Crippen LogP contribution in [-0.2, 0) is 0 Å². The number of hydrogen-bond donors (Lipinski definition) is 1. The van der Waals surface area contributed by atoms with Gasteiger partial charge in [-0.05, 0) is 18.7 Å². The summed E-state index contributed by atoms with van der Waals surface area (Å²) < 4.78 is 0. The molecule has 0 bridgehead atoms. The first-order valence-corrected chi connectivity index (χ1v) is 5.95. The van der Waals surface area contributed by atoms with E-state index in [-0.39, 0.29) is 30.7 Å². The van der Waals surface area contributed by atoms with Crippen LogP contribution in [0, 0.1) is 0 Å². The Morgan fingerprint density at radius 3 is 2.42 bits per heavy atom. The van der Waals surface area contributed by atoms with Crippen molar-refractivity contribution >= 4 is 36.5 Å². The van der Waals surface area contributed by atoms with Crippen LogP contribution in [-0.4, -0.2) is 53.4 Å². The molecule has 1 amide bonds. The number of hydrogen-bond acceptors (Lipinski definition) is 4.